The van der Waals surface area contributed by atoms with Crippen molar-refractivity contribution in [1.29, 1.82) is 0 Å². The number of halogens is 1. The van der Waals surface area contributed by atoms with Gasteiger partial charge >= 0.3 is 0 Å². The molecule has 0 heterocycles. The van der Waals surface area contributed by atoms with Crippen molar-refractivity contribution in [2.75, 3.05) is 38.2 Å². The molecule has 1 aromatic rings. The van der Waals surface area contributed by atoms with E-state index in [2.05, 4.69) is 10.6 Å². The van der Waals surface area contributed by atoms with Crippen molar-refractivity contribution >= 4 is 34.8 Å². The predicted molar refractivity (Wildman–Crippen MR) is 80.7 cm³/mol. The fourth-order valence-electron chi connectivity index (χ4n) is 1.57. The van der Waals surface area contributed by atoms with Crippen molar-refractivity contribution in [3.05, 3.63) is 23.2 Å². The molecule has 20 heavy (non-hydrogen) atoms. The quantitative estimate of drug-likeness (QED) is 0.682. The van der Waals surface area contributed by atoms with Crippen molar-refractivity contribution in [3.8, 4) is 0 Å². The van der Waals surface area contributed by atoms with Gasteiger partial charge in [-0.3, -0.25) is 14.5 Å². The number of hydrogen-bond donors (Lipinski definition) is 3. The lowest BCUT2D eigenvalue weighted by atomic mass is 10.2. The van der Waals surface area contributed by atoms with E-state index in [4.69, 9.17) is 17.3 Å². The number of rotatable bonds is 6. The minimum Gasteiger partial charge on any atom is -0.397 e. The molecule has 110 valence electrons. The number of nitrogens with zero attached hydrogens (tertiary/aromatic N) is 1. The number of benzene rings is 1. The van der Waals surface area contributed by atoms with Crippen LogP contribution in [0.15, 0.2) is 18.2 Å². The summed E-state index contributed by atoms with van der Waals surface area (Å²) in [6.45, 7) is 0.668. The molecule has 1 aromatic carbocycles. The number of nitrogens with one attached hydrogen (secondary N) is 2. The Balaban J connectivity index is 2.47. The second-order valence-corrected chi connectivity index (χ2v) is 4.88. The summed E-state index contributed by atoms with van der Waals surface area (Å²) in [5.41, 5.74) is 6.69. The molecule has 4 N–H and O–H groups in total. The Hall–Kier alpha value is -1.79. The van der Waals surface area contributed by atoms with Gasteiger partial charge in [0, 0.05) is 25.0 Å². The summed E-state index contributed by atoms with van der Waals surface area (Å²) in [7, 11) is 3.35. The number of nitrogens with two attached hydrogens (primary N) is 1. The van der Waals surface area contributed by atoms with E-state index in [-0.39, 0.29) is 18.4 Å². The first-order valence-corrected chi connectivity index (χ1v) is 6.54. The molecule has 0 saturated carbocycles. The Morgan fingerprint density at radius 3 is 2.70 bits per heavy atom. The molecule has 7 heteroatoms. The molecule has 2 amide bonds. The molecule has 0 aliphatic carbocycles. The molecule has 0 atom stereocenters. The summed E-state index contributed by atoms with van der Waals surface area (Å²) in [6, 6.07) is 4.88. The van der Waals surface area contributed by atoms with Crippen LogP contribution in [-0.4, -0.2) is 43.9 Å². The molecule has 0 saturated heterocycles. The minimum atomic E-state index is -0.210. The van der Waals surface area contributed by atoms with Crippen molar-refractivity contribution in [2.45, 2.75) is 6.42 Å². The average molecular weight is 299 g/mol. The molecular weight excluding hydrogens is 280 g/mol. The largest absolute Gasteiger partial charge is 0.397 e. The van der Waals surface area contributed by atoms with Gasteiger partial charge in [0.15, 0.2) is 0 Å². The Bertz CT molecular complexity index is 493. The van der Waals surface area contributed by atoms with Crippen molar-refractivity contribution < 1.29 is 9.59 Å². The zero-order chi connectivity index (χ0) is 15.1. The molecule has 0 spiro atoms. The van der Waals surface area contributed by atoms with Crippen LogP contribution >= 0.6 is 11.6 Å². The van der Waals surface area contributed by atoms with E-state index in [0.717, 1.165) is 0 Å². The van der Waals surface area contributed by atoms with Gasteiger partial charge in [-0.1, -0.05) is 11.6 Å². The zero-order valence-electron chi connectivity index (χ0n) is 11.6. The highest BCUT2D eigenvalue weighted by Gasteiger charge is 2.10. The van der Waals surface area contributed by atoms with E-state index >= 15 is 0 Å². The molecule has 1 rings (SSSR count). The van der Waals surface area contributed by atoms with E-state index in [1.807, 2.05) is 0 Å². The number of anilines is 2. The van der Waals surface area contributed by atoms with Crippen LogP contribution in [0.3, 0.4) is 0 Å². The van der Waals surface area contributed by atoms with Gasteiger partial charge in [-0.2, -0.15) is 0 Å². The van der Waals surface area contributed by atoms with Gasteiger partial charge in [0.2, 0.25) is 11.8 Å². The number of carbonyl (C=O) groups is 2. The van der Waals surface area contributed by atoms with Gasteiger partial charge in [-0.25, -0.2) is 0 Å². The fourth-order valence-corrected chi connectivity index (χ4v) is 1.74. The maximum atomic E-state index is 11.8. The lowest BCUT2D eigenvalue weighted by Crippen LogP contribution is -2.33. The van der Waals surface area contributed by atoms with Crippen LogP contribution in [0.5, 0.6) is 0 Å². The highest BCUT2D eigenvalue weighted by Crippen LogP contribution is 2.22. The fraction of sp³-hybridized carbons (Fsp3) is 0.385. The summed E-state index contributed by atoms with van der Waals surface area (Å²) in [4.78, 5) is 24.7. The van der Waals surface area contributed by atoms with Crippen molar-refractivity contribution in [3.63, 3.8) is 0 Å². The van der Waals surface area contributed by atoms with Crippen molar-refractivity contribution in [1.82, 2.24) is 10.2 Å². The van der Waals surface area contributed by atoms with Gasteiger partial charge in [-0.15, -0.1) is 0 Å². The van der Waals surface area contributed by atoms with Gasteiger partial charge < -0.3 is 16.4 Å². The Kier molecular flexibility index (Phi) is 6.27. The van der Waals surface area contributed by atoms with E-state index in [1.165, 1.54) is 0 Å². The van der Waals surface area contributed by atoms with E-state index in [0.29, 0.717) is 29.4 Å². The lowest BCUT2D eigenvalue weighted by molar-refractivity contribution is -0.122. The molecule has 0 unspecified atom stereocenters. The first-order chi connectivity index (χ1) is 9.42. The molecule has 6 nitrogen and oxygen atoms in total. The Morgan fingerprint density at radius 1 is 1.35 bits per heavy atom. The standard InChI is InChI=1S/C13H19ClN4O2/c1-16-12(19)5-6-18(2)8-13(20)17-11-7-9(14)3-4-10(11)15/h3-4,7H,5-6,8,15H2,1-2H3,(H,16,19)(H,17,20). The molecule has 0 aromatic heterocycles. The summed E-state index contributed by atoms with van der Waals surface area (Å²) < 4.78 is 0. The average Bonchev–Trinajstić information content (AvgIpc) is 2.40. The number of carbonyl (C=O) groups excluding carboxylic acids is 2. The van der Waals surface area contributed by atoms with Crippen LogP contribution < -0.4 is 16.4 Å². The van der Waals surface area contributed by atoms with Crippen molar-refractivity contribution in [2.24, 2.45) is 0 Å². The monoisotopic (exact) mass is 298 g/mol. The lowest BCUT2D eigenvalue weighted by Gasteiger charge is -2.16. The molecule has 0 fully saturated rings. The van der Waals surface area contributed by atoms with Crippen LogP contribution in [0, 0.1) is 0 Å². The third kappa shape index (κ3) is 5.46. The molecule has 0 aliphatic rings. The highest BCUT2D eigenvalue weighted by atomic mass is 35.5. The van der Waals surface area contributed by atoms with Crippen LogP contribution in [0.25, 0.3) is 0 Å². The SMILES string of the molecule is CNC(=O)CCN(C)CC(=O)Nc1cc(Cl)ccc1N. The predicted octanol–water partition coefficient (Wildman–Crippen LogP) is 0.929. The number of amides is 2. The van der Waals surface area contributed by atoms with E-state index < -0.39 is 0 Å². The molecular formula is C13H19ClN4O2. The summed E-state index contributed by atoms with van der Waals surface area (Å²) in [6.07, 6.45) is 0.347. The van der Waals surface area contributed by atoms with Crippen LogP contribution in [0.4, 0.5) is 11.4 Å². The molecule has 0 aliphatic heterocycles. The van der Waals surface area contributed by atoms with Crippen LogP contribution in [0.1, 0.15) is 6.42 Å². The third-order valence-electron chi connectivity index (χ3n) is 2.70. The van der Waals surface area contributed by atoms with E-state index in [9.17, 15) is 9.59 Å². The smallest absolute Gasteiger partial charge is 0.238 e. The minimum absolute atomic E-state index is 0.0589. The third-order valence-corrected chi connectivity index (χ3v) is 2.94. The number of hydrogen-bond acceptors (Lipinski definition) is 4. The maximum absolute atomic E-state index is 11.8. The first-order valence-electron chi connectivity index (χ1n) is 6.16. The summed E-state index contributed by atoms with van der Waals surface area (Å²) in [5, 5.41) is 5.73. The summed E-state index contributed by atoms with van der Waals surface area (Å²) >= 11 is 5.84. The van der Waals surface area contributed by atoms with Gasteiger partial charge in [0.25, 0.3) is 0 Å². The zero-order valence-corrected chi connectivity index (χ0v) is 12.3. The maximum Gasteiger partial charge on any atom is 0.238 e. The highest BCUT2D eigenvalue weighted by molar-refractivity contribution is 6.31. The molecule has 0 radical (unpaired) electrons. The Morgan fingerprint density at radius 2 is 2.05 bits per heavy atom. The topological polar surface area (TPSA) is 87.5 Å². The molecule has 0 bridgehead atoms. The Labute approximate surface area is 123 Å². The van der Waals surface area contributed by atoms with Gasteiger partial charge in [-0.05, 0) is 25.2 Å². The second kappa shape index (κ2) is 7.72. The number of likely N-dealkylation sites (N-methyl/N-ethyl adjacent to an activating group) is 1. The summed E-state index contributed by atoms with van der Waals surface area (Å²) in [5.74, 6) is -0.269. The number of nitrogen functional groups attached to an aromatic ring is 1. The van der Waals surface area contributed by atoms with E-state index in [1.54, 1.807) is 37.2 Å². The second-order valence-electron chi connectivity index (χ2n) is 4.44. The van der Waals surface area contributed by atoms with Gasteiger partial charge in [0.1, 0.15) is 0 Å². The van der Waals surface area contributed by atoms with Crippen LogP contribution in [-0.2, 0) is 9.59 Å². The van der Waals surface area contributed by atoms with Gasteiger partial charge in [0.05, 0.1) is 17.9 Å². The van der Waals surface area contributed by atoms with Crippen LogP contribution in [0.2, 0.25) is 5.02 Å². The first kappa shape index (κ1) is 16.3. The normalized spacial score (nSPS) is 10.4.